The van der Waals surface area contributed by atoms with E-state index in [1.807, 2.05) is 60.7 Å². The molecule has 2 aromatic rings. The highest BCUT2D eigenvalue weighted by Gasteiger charge is 2.51. The summed E-state index contributed by atoms with van der Waals surface area (Å²) >= 11 is 0. The molecule has 2 heterocycles. The molecule has 0 N–H and O–H groups in total. The molecule has 2 aliphatic rings. The Balaban J connectivity index is 1.51. The predicted molar refractivity (Wildman–Crippen MR) is 95.6 cm³/mol. The van der Waals surface area contributed by atoms with Crippen LogP contribution in [0, 0.1) is 0 Å². The fourth-order valence-corrected chi connectivity index (χ4v) is 3.46. The van der Waals surface area contributed by atoms with E-state index in [0.717, 1.165) is 11.1 Å². The van der Waals surface area contributed by atoms with Crippen molar-refractivity contribution in [2.75, 3.05) is 13.7 Å². The molecule has 0 amide bonds. The number of hydrogen-bond donors (Lipinski definition) is 0. The molecule has 144 valence electrons. The van der Waals surface area contributed by atoms with Crippen LogP contribution in [-0.2, 0) is 30.3 Å². The van der Waals surface area contributed by atoms with Gasteiger partial charge in [0.1, 0.15) is 18.3 Å². The molecule has 2 aliphatic heterocycles. The molecule has 6 heteroatoms. The first-order valence-electron chi connectivity index (χ1n) is 9.06. The van der Waals surface area contributed by atoms with Crippen molar-refractivity contribution in [3.8, 4) is 0 Å². The third kappa shape index (κ3) is 4.05. The second-order valence-electron chi connectivity index (χ2n) is 6.66. The maximum absolute atomic E-state index is 15.0. The Morgan fingerprint density at radius 1 is 1.00 bits per heavy atom. The Bertz CT molecular complexity index is 713. The first-order valence-corrected chi connectivity index (χ1v) is 9.06. The van der Waals surface area contributed by atoms with E-state index in [-0.39, 0.29) is 13.2 Å². The van der Waals surface area contributed by atoms with E-state index >= 15 is 4.39 Å². The second-order valence-corrected chi connectivity index (χ2v) is 6.66. The third-order valence-electron chi connectivity index (χ3n) is 4.85. The standard InChI is InChI=1S/C21H23FO5/c1-23-21-17(22)19(24-12-14-8-4-2-5-9-14)18-16(26-21)13-25-20(27-18)15-10-6-3-7-11-15/h2-11,16-21H,12-13H2,1H3/t16-,17+,18-,19+,20-,21+/m1/s1. The normalized spacial score (nSPS) is 33.4. The van der Waals surface area contributed by atoms with Gasteiger partial charge in [-0.15, -0.1) is 0 Å². The highest BCUT2D eigenvalue weighted by molar-refractivity contribution is 5.17. The van der Waals surface area contributed by atoms with E-state index in [0.29, 0.717) is 0 Å². The van der Waals surface area contributed by atoms with Crippen LogP contribution >= 0.6 is 0 Å². The molecule has 0 aliphatic carbocycles. The van der Waals surface area contributed by atoms with Gasteiger partial charge >= 0.3 is 0 Å². The molecule has 0 aromatic heterocycles. The van der Waals surface area contributed by atoms with Crippen molar-refractivity contribution in [3.63, 3.8) is 0 Å². The number of ether oxygens (including phenoxy) is 5. The Morgan fingerprint density at radius 2 is 1.70 bits per heavy atom. The van der Waals surface area contributed by atoms with Gasteiger partial charge < -0.3 is 23.7 Å². The summed E-state index contributed by atoms with van der Waals surface area (Å²) in [4.78, 5) is 0. The van der Waals surface area contributed by atoms with Gasteiger partial charge in [-0.05, 0) is 5.56 Å². The zero-order valence-electron chi connectivity index (χ0n) is 15.1. The molecule has 0 spiro atoms. The lowest BCUT2D eigenvalue weighted by Gasteiger charge is -2.46. The molecule has 2 fully saturated rings. The van der Waals surface area contributed by atoms with E-state index in [9.17, 15) is 0 Å². The molecule has 0 radical (unpaired) electrons. The Hall–Kier alpha value is -1.83. The fraction of sp³-hybridized carbons (Fsp3) is 0.429. The minimum atomic E-state index is -1.46. The largest absolute Gasteiger partial charge is 0.367 e. The van der Waals surface area contributed by atoms with Crippen LogP contribution in [0.1, 0.15) is 17.4 Å². The van der Waals surface area contributed by atoms with Crippen molar-refractivity contribution >= 4 is 0 Å². The van der Waals surface area contributed by atoms with E-state index < -0.39 is 37.1 Å². The van der Waals surface area contributed by atoms with Gasteiger partial charge in [0.25, 0.3) is 0 Å². The van der Waals surface area contributed by atoms with Gasteiger partial charge in [-0.25, -0.2) is 4.39 Å². The average molecular weight is 374 g/mol. The van der Waals surface area contributed by atoms with Gasteiger partial charge in [-0.1, -0.05) is 60.7 Å². The van der Waals surface area contributed by atoms with Crippen molar-refractivity contribution in [1.82, 2.24) is 0 Å². The lowest BCUT2D eigenvalue weighted by atomic mass is 9.98. The van der Waals surface area contributed by atoms with Gasteiger partial charge in [0.05, 0.1) is 13.2 Å². The Morgan fingerprint density at radius 3 is 2.41 bits per heavy atom. The second kappa shape index (κ2) is 8.46. The highest BCUT2D eigenvalue weighted by Crippen LogP contribution is 2.36. The number of halogens is 1. The number of hydrogen-bond acceptors (Lipinski definition) is 5. The first-order chi connectivity index (χ1) is 13.3. The third-order valence-corrected chi connectivity index (χ3v) is 4.85. The van der Waals surface area contributed by atoms with Gasteiger partial charge in [-0.3, -0.25) is 0 Å². The lowest BCUT2D eigenvalue weighted by Crippen LogP contribution is -2.61. The summed E-state index contributed by atoms with van der Waals surface area (Å²) < 4.78 is 43.7. The quantitative estimate of drug-likeness (QED) is 0.803. The zero-order valence-corrected chi connectivity index (χ0v) is 15.1. The molecule has 0 unspecified atom stereocenters. The summed E-state index contributed by atoms with van der Waals surface area (Å²) in [5, 5.41) is 0. The van der Waals surface area contributed by atoms with Crippen LogP contribution in [0.15, 0.2) is 60.7 Å². The number of rotatable bonds is 5. The maximum Gasteiger partial charge on any atom is 0.191 e. The van der Waals surface area contributed by atoms with Crippen molar-refractivity contribution < 1.29 is 28.1 Å². The summed E-state index contributed by atoms with van der Waals surface area (Å²) in [7, 11) is 1.42. The van der Waals surface area contributed by atoms with Crippen LogP contribution in [0.5, 0.6) is 0 Å². The van der Waals surface area contributed by atoms with Crippen LogP contribution in [0.4, 0.5) is 4.39 Å². The van der Waals surface area contributed by atoms with Crippen LogP contribution < -0.4 is 0 Å². The van der Waals surface area contributed by atoms with Gasteiger partial charge in [0, 0.05) is 12.7 Å². The maximum atomic E-state index is 15.0. The summed E-state index contributed by atoms with van der Waals surface area (Å²) in [5.74, 6) is 0. The van der Waals surface area contributed by atoms with Crippen molar-refractivity contribution in [2.24, 2.45) is 0 Å². The molecule has 0 saturated carbocycles. The van der Waals surface area contributed by atoms with E-state index in [2.05, 4.69) is 0 Å². The van der Waals surface area contributed by atoms with E-state index in [4.69, 9.17) is 23.7 Å². The molecular weight excluding hydrogens is 351 g/mol. The monoisotopic (exact) mass is 374 g/mol. The molecule has 2 aromatic carbocycles. The Kier molecular flexibility index (Phi) is 5.80. The van der Waals surface area contributed by atoms with E-state index in [1.54, 1.807) is 0 Å². The number of alkyl halides is 1. The zero-order chi connectivity index (χ0) is 18.6. The van der Waals surface area contributed by atoms with Crippen molar-refractivity contribution in [2.45, 2.75) is 43.7 Å². The molecule has 2 saturated heterocycles. The topological polar surface area (TPSA) is 46.2 Å². The molecule has 5 nitrogen and oxygen atoms in total. The number of benzene rings is 2. The molecule has 4 rings (SSSR count). The minimum Gasteiger partial charge on any atom is -0.367 e. The summed E-state index contributed by atoms with van der Waals surface area (Å²) in [5.41, 5.74) is 1.84. The van der Waals surface area contributed by atoms with Crippen molar-refractivity contribution in [3.05, 3.63) is 71.8 Å². The molecule has 27 heavy (non-hydrogen) atoms. The van der Waals surface area contributed by atoms with E-state index in [1.165, 1.54) is 7.11 Å². The fourth-order valence-electron chi connectivity index (χ4n) is 3.46. The molecule has 0 bridgehead atoms. The Labute approximate surface area is 157 Å². The van der Waals surface area contributed by atoms with Crippen LogP contribution in [0.3, 0.4) is 0 Å². The van der Waals surface area contributed by atoms with Gasteiger partial charge in [0.15, 0.2) is 18.8 Å². The molecule has 6 atom stereocenters. The predicted octanol–water partition coefficient (Wildman–Crippen LogP) is 3.40. The average Bonchev–Trinajstić information content (AvgIpc) is 2.74. The highest BCUT2D eigenvalue weighted by atomic mass is 19.1. The first kappa shape index (κ1) is 18.5. The number of methoxy groups -OCH3 is 1. The lowest BCUT2D eigenvalue weighted by molar-refractivity contribution is -0.356. The molecular formula is C21H23FO5. The van der Waals surface area contributed by atoms with Gasteiger partial charge in [0.2, 0.25) is 0 Å². The smallest absolute Gasteiger partial charge is 0.191 e. The van der Waals surface area contributed by atoms with Crippen LogP contribution in [0.2, 0.25) is 0 Å². The summed E-state index contributed by atoms with van der Waals surface area (Å²) in [6.45, 7) is 0.563. The van der Waals surface area contributed by atoms with Crippen LogP contribution in [0.25, 0.3) is 0 Å². The van der Waals surface area contributed by atoms with Crippen LogP contribution in [-0.4, -0.2) is 44.5 Å². The summed E-state index contributed by atoms with van der Waals surface area (Å²) in [6, 6.07) is 19.2. The summed E-state index contributed by atoms with van der Waals surface area (Å²) in [6.07, 6.45) is -4.91. The number of fused-ring (bicyclic) bond motifs is 1. The van der Waals surface area contributed by atoms with Crippen molar-refractivity contribution in [1.29, 1.82) is 0 Å². The van der Waals surface area contributed by atoms with Gasteiger partial charge in [-0.2, -0.15) is 0 Å². The SMILES string of the molecule is CO[C@H]1O[C@@H]2CO[C@@H](c3ccccc3)O[C@H]2[C@@H](OCc2ccccc2)[C@@H]1F. The minimum absolute atomic E-state index is 0.280.